The van der Waals surface area contributed by atoms with Crippen molar-refractivity contribution in [2.75, 3.05) is 39.8 Å². The van der Waals surface area contributed by atoms with Crippen molar-refractivity contribution >= 4 is 28.5 Å². The summed E-state index contributed by atoms with van der Waals surface area (Å²) in [6.45, 7) is 6.13. The number of hydrogen-bond donors (Lipinski definition) is 2. The number of likely N-dealkylation sites (N-methyl/N-ethyl adjacent to an activating group) is 1. The van der Waals surface area contributed by atoms with Crippen LogP contribution >= 0.6 is 12.4 Å². The maximum atomic E-state index is 11.9. The third-order valence-corrected chi connectivity index (χ3v) is 4.34. The lowest BCUT2D eigenvalue weighted by atomic mass is 10.3. The van der Waals surface area contributed by atoms with Gasteiger partial charge in [0.15, 0.2) is 0 Å². The number of rotatable bonds is 5. The summed E-state index contributed by atoms with van der Waals surface area (Å²) >= 11 is 0. The van der Waals surface area contributed by atoms with Crippen LogP contribution in [-0.4, -0.2) is 69.3 Å². The van der Waals surface area contributed by atoms with Gasteiger partial charge in [-0.2, -0.15) is 17.4 Å². The van der Waals surface area contributed by atoms with Crippen LogP contribution in [-0.2, 0) is 15.0 Å². The molecular weight excluding hydrogens is 292 g/mol. The number of piperazine rings is 1. The molecule has 0 spiro atoms. The molecular formula is C10H23ClN4O3S. The fourth-order valence-corrected chi connectivity index (χ4v) is 2.73. The highest BCUT2D eigenvalue weighted by atomic mass is 35.5. The molecule has 0 aromatic carbocycles. The molecule has 1 aliphatic rings. The van der Waals surface area contributed by atoms with Crippen LogP contribution in [0.15, 0.2) is 0 Å². The van der Waals surface area contributed by atoms with E-state index >= 15 is 0 Å². The Morgan fingerprint density at radius 1 is 1.37 bits per heavy atom. The van der Waals surface area contributed by atoms with Gasteiger partial charge in [-0.3, -0.25) is 4.79 Å². The molecule has 0 aromatic rings. The molecule has 1 saturated heterocycles. The van der Waals surface area contributed by atoms with Gasteiger partial charge >= 0.3 is 0 Å². The van der Waals surface area contributed by atoms with Crippen molar-refractivity contribution in [2.24, 2.45) is 0 Å². The highest BCUT2D eigenvalue weighted by Crippen LogP contribution is 2.00. The molecule has 1 rings (SSSR count). The first-order chi connectivity index (χ1) is 8.33. The molecule has 0 bridgehead atoms. The number of carbonyl (C=O) groups is 1. The maximum absolute atomic E-state index is 11.9. The molecule has 7 nitrogen and oxygen atoms in total. The van der Waals surface area contributed by atoms with E-state index in [1.807, 2.05) is 0 Å². The summed E-state index contributed by atoms with van der Waals surface area (Å²) in [6, 6.07) is -0.188. The fourth-order valence-electron chi connectivity index (χ4n) is 1.68. The molecule has 0 radical (unpaired) electrons. The Balaban J connectivity index is 0.00000324. The van der Waals surface area contributed by atoms with E-state index in [1.54, 1.807) is 18.7 Å². The zero-order valence-corrected chi connectivity index (χ0v) is 13.2. The average molecular weight is 315 g/mol. The van der Waals surface area contributed by atoms with Crippen molar-refractivity contribution in [3.8, 4) is 0 Å². The van der Waals surface area contributed by atoms with Crippen LogP contribution in [0.4, 0.5) is 0 Å². The highest BCUT2D eigenvalue weighted by molar-refractivity contribution is 7.87. The van der Waals surface area contributed by atoms with Crippen LogP contribution in [0.3, 0.4) is 0 Å². The van der Waals surface area contributed by atoms with Crippen LogP contribution in [0.2, 0.25) is 0 Å². The lowest BCUT2D eigenvalue weighted by Crippen LogP contribution is -2.51. The van der Waals surface area contributed by atoms with Crippen molar-refractivity contribution in [2.45, 2.75) is 19.9 Å². The Bertz CT molecular complexity index is 382. The van der Waals surface area contributed by atoms with Crippen LogP contribution in [0.5, 0.6) is 0 Å². The van der Waals surface area contributed by atoms with Crippen LogP contribution in [0, 0.1) is 0 Å². The Hall–Kier alpha value is -0.410. The lowest BCUT2D eigenvalue weighted by molar-refractivity contribution is -0.131. The van der Waals surface area contributed by atoms with E-state index in [2.05, 4.69) is 10.0 Å². The quantitative estimate of drug-likeness (QED) is 0.683. The summed E-state index contributed by atoms with van der Waals surface area (Å²) in [4.78, 5) is 13.6. The largest absolute Gasteiger partial charge is 0.339 e. The first-order valence-electron chi connectivity index (χ1n) is 6.05. The molecule has 1 amide bonds. The normalized spacial score (nSPS) is 16.6. The predicted molar refractivity (Wildman–Crippen MR) is 76.5 cm³/mol. The van der Waals surface area contributed by atoms with E-state index in [9.17, 15) is 13.2 Å². The number of nitrogens with one attached hydrogen (secondary N) is 2. The Morgan fingerprint density at radius 2 is 1.89 bits per heavy atom. The second-order valence-electron chi connectivity index (χ2n) is 4.66. The highest BCUT2D eigenvalue weighted by Gasteiger charge is 2.24. The standard InChI is InChI=1S/C10H22N4O3S.ClH/c1-9(2)12-18(16,17)13(3)8-10(15)14-6-4-11-5-7-14;/h9,11-12H,4-8H2,1-3H3;1H. The molecule has 0 aromatic heterocycles. The van der Waals surface area contributed by atoms with Gasteiger partial charge in [0, 0.05) is 39.3 Å². The monoisotopic (exact) mass is 314 g/mol. The molecule has 0 atom stereocenters. The van der Waals surface area contributed by atoms with Gasteiger partial charge in [0.05, 0.1) is 6.54 Å². The van der Waals surface area contributed by atoms with E-state index < -0.39 is 10.2 Å². The number of halogens is 1. The van der Waals surface area contributed by atoms with Crippen molar-refractivity contribution in [3.63, 3.8) is 0 Å². The summed E-state index contributed by atoms with van der Waals surface area (Å²) in [6.07, 6.45) is 0. The summed E-state index contributed by atoms with van der Waals surface area (Å²) < 4.78 is 27.1. The Labute approximate surface area is 121 Å². The van der Waals surface area contributed by atoms with Gasteiger partial charge in [-0.05, 0) is 13.8 Å². The van der Waals surface area contributed by atoms with E-state index in [-0.39, 0.29) is 30.9 Å². The van der Waals surface area contributed by atoms with E-state index in [1.165, 1.54) is 7.05 Å². The Kier molecular flexibility index (Phi) is 7.83. The second kappa shape index (κ2) is 8.01. The van der Waals surface area contributed by atoms with Crippen molar-refractivity contribution in [1.29, 1.82) is 0 Å². The number of carbonyl (C=O) groups excluding carboxylic acids is 1. The summed E-state index contributed by atoms with van der Waals surface area (Å²) in [5, 5.41) is 3.14. The summed E-state index contributed by atoms with van der Waals surface area (Å²) in [5.41, 5.74) is 0. The van der Waals surface area contributed by atoms with Gasteiger partial charge in [0.25, 0.3) is 10.2 Å². The molecule has 114 valence electrons. The number of hydrogen-bond acceptors (Lipinski definition) is 4. The molecule has 0 unspecified atom stereocenters. The maximum Gasteiger partial charge on any atom is 0.279 e. The fraction of sp³-hybridized carbons (Fsp3) is 0.900. The van der Waals surface area contributed by atoms with Gasteiger partial charge in [0.1, 0.15) is 0 Å². The van der Waals surface area contributed by atoms with E-state index in [0.29, 0.717) is 13.1 Å². The molecule has 1 aliphatic heterocycles. The third kappa shape index (κ3) is 6.05. The lowest BCUT2D eigenvalue weighted by Gasteiger charge is -2.29. The first kappa shape index (κ1) is 18.6. The summed E-state index contributed by atoms with van der Waals surface area (Å²) in [5.74, 6) is -0.159. The zero-order chi connectivity index (χ0) is 13.8. The van der Waals surface area contributed by atoms with E-state index in [0.717, 1.165) is 17.4 Å². The Morgan fingerprint density at radius 3 is 2.37 bits per heavy atom. The molecule has 1 fully saturated rings. The van der Waals surface area contributed by atoms with Crippen molar-refractivity contribution in [3.05, 3.63) is 0 Å². The van der Waals surface area contributed by atoms with Gasteiger partial charge < -0.3 is 10.2 Å². The number of nitrogens with zero attached hydrogens (tertiary/aromatic N) is 2. The smallest absolute Gasteiger partial charge is 0.279 e. The van der Waals surface area contributed by atoms with Crippen molar-refractivity contribution in [1.82, 2.24) is 19.2 Å². The number of amides is 1. The average Bonchev–Trinajstić information content (AvgIpc) is 2.28. The van der Waals surface area contributed by atoms with Gasteiger partial charge in [-0.1, -0.05) is 0 Å². The molecule has 0 aliphatic carbocycles. The van der Waals surface area contributed by atoms with Gasteiger partial charge in [0.2, 0.25) is 5.91 Å². The molecule has 2 N–H and O–H groups in total. The molecule has 0 saturated carbocycles. The third-order valence-electron chi connectivity index (χ3n) is 2.62. The minimum atomic E-state index is -3.57. The summed E-state index contributed by atoms with van der Waals surface area (Å²) in [7, 11) is -2.17. The zero-order valence-electron chi connectivity index (χ0n) is 11.5. The SMILES string of the molecule is CC(C)NS(=O)(=O)N(C)CC(=O)N1CCNCC1.Cl. The van der Waals surface area contributed by atoms with Crippen LogP contribution in [0.25, 0.3) is 0 Å². The van der Waals surface area contributed by atoms with Crippen LogP contribution < -0.4 is 10.0 Å². The molecule has 19 heavy (non-hydrogen) atoms. The van der Waals surface area contributed by atoms with E-state index in [4.69, 9.17) is 0 Å². The second-order valence-corrected chi connectivity index (χ2v) is 6.47. The molecule has 1 heterocycles. The minimum Gasteiger partial charge on any atom is -0.339 e. The van der Waals surface area contributed by atoms with Gasteiger partial charge in [-0.25, -0.2) is 0 Å². The predicted octanol–water partition coefficient (Wildman–Crippen LogP) is -0.985. The van der Waals surface area contributed by atoms with Crippen molar-refractivity contribution < 1.29 is 13.2 Å². The minimum absolute atomic E-state index is 0. The topological polar surface area (TPSA) is 81.8 Å². The first-order valence-corrected chi connectivity index (χ1v) is 7.49. The van der Waals surface area contributed by atoms with Crippen LogP contribution in [0.1, 0.15) is 13.8 Å². The molecule has 9 heteroatoms. The van der Waals surface area contributed by atoms with Gasteiger partial charge in [-0.15, -0.1) is 12.4 Å².